The van der Waals surface area contributed by atoms with Crippen molar-refractivity contribution in [3.63, 3.8) is 0 Å². The van der Waals surface area contributed by atoms with Crippen LogP contribution in [0, 0.1) is 34.0 Å². The summed E-state index contributed by atoms with van der Waals surface area (Å²) in [6.07, 6.45) is -5.96. The molecule has 0 aliphatic heterocycles. The van der Waals surface area contributed by atoms with Gasteiger partial charge in [-0.25, -0.2) is 0 Å². The predicted molar refractivity (Wildman–Crippen MR) is 33.4 cm³/mol. The average molecular weight is 211 g/mol. The van der Waals surface area contributed by atoms with E-state index >= 15 is 0 Å². The summed E-state index contributed by atoms with van der Waals surface area (Å²) in [5.41, 5.74) is -2.25. The van der Waals surface area contributed by atoms with E-state index in [-0.39, 0.29) is 0 Å². The third-order valence-electron chi connectivity index (χ3n) is 1.24. The number of halogens is 5. The molecule has 3 nitrogen and oxygen atoms in total. The van der Waals surface area contributed by atoms with E-state index in [0.29, 0.717) is 0 Å². The molecule has 76 valence electrons. The lowest BCUT2D eigenvalue weighted by Crippen LogP contribution is -2.46. The molecule has 0 heterocycles. The lowest BCUT2D eigenvalue weighted by atomic mass is 10.0. The van der Waals surface area contributed by atoms with E-state index in [1.54, 1.807) is 0 Å². The van der Waals surface area contributed by atoms with Crippen molar-refractivity contribution in [1.82, 2.24) is 0 Å². The monoisotopic (exact) mass is 211 g/mol. The zero-order valence-corrected chi connectivity index (χ0v) is 6.36. The van der Waals surface area contributed by atoms with Crippen LogP contribution < -0.4 is 0 Å². The molecule has 0 spiro atoms. The van der Waals surface area contributed by atoms with Crippen molar-refractivity contribution in [2.75, 3.05) is 0 Å². The van der Waals surface area contributed by atoms with Gasteiger partial charge in [0, 0.05) is 0 Å². The van der Waals surface area contributed by atoms with Crippen LogP contribution in [-0.2, 0) is 0 Å². The fraction of sp³-hybridized carbons (Fsp3) is 0.500. The van der Waals surface area contributed by atoms with Crippen molar-refractivity contribution in [2.45, 2.75) is 12.1 Å². The average Bonchev–Trinajstić information content (AvgIpc) is 2.04. The molecule has 1 N–H and O–H groups in total. The van der Waals surface area contributed by atoms with E-state index in [0.717, 1.165) is 12.1 Å². The van der Waals surface area contributed by atoms with Crippen LogP contribution in [0.5, 0.6) is 0 Å². The number of nitrogens with one attached hydrogen (secondary N) is 1. The first kappa shape index (κ1) is 12.3. The highest BCUT2D eigenvalue weighted by atomic mass is 19.4. The van der Waals surface area contributed by atoms with Crippen molar-refractivity contribution >= 4 is 5.71 Å². The van der Waals surface area contributed by atoms with Crippen LogP contribution in [0.3, 0.4) is 0 Å². The minimum Gasteiger partial charge on any atom is -0.301 e. The second-order valence-corrected chi connectivity index (χ2v) is 2.18. The summed E-state index contributed by atoms with van der Waals surface area (Å²) in [7, 11) is 0. The molecule has 0 amide bonds. The van der Waals surface area contributed by atoms with Crippen molar-refractivity contribution in [2.24, 2.45) is 5.92 Å². The predicted octanol–water partition coefficient (Wildman–Crippen LogP) is 1.87. The van der Waals surface area contributed by atoms with Gasteiger partial charge < -0.3 is 5.41 Å². The molecule has 0 atom stereocenters. The van der Waals surface area contributed by atoms with Gasteiger partial charge in [0.25, 0.3) is 0 Å². The second kappa shape index (κ2) is 3.58. The summed E-state index contributed by atoms with van der Waals surface area (Å²) in [6.45, 7) is 0. The summed E-state index contributed by atoms with van der Waals surface area (Å²) in [6, 6.07) is 1.73. The first-order valence-corrected chi connectivity index (χ1v) is 3.01. The zero-order chi connectivity index (χ0) is 11.6. The summed E-state index contributed by atoms with van der Waals surface area (Å²) < 4.78 is 59.4. The molecule has 0 aromatic heterocycles. The molecule has 0 fully saturated rings. The van der Waals surface area contributed by atoms with Crippen LogP contribution in [0.1, 0.15) is 0 Å². The highest BCUT2D eigenvalue weighted by Gasteiger charge is 2.62. The molecule has 0 aromatic rings. The number of nitriles is 2. The Kier molecular flexibility index (Phi) is 3.15. The summed E-state index contributed by atoms with van der Waals surface area (Å²) >= 11 is 0. The van der Waals surface area contributed by atoms with E-state index in [4.69, 9.17) is 15.9 Å². The van der Waals surface area contributed by atoms with Gasteiger partial charge in [-0.1, -0.05) is 0 Å². The molecule has 0 unspecified atom stereocenters. The van der Waals surface area contributed by atoms with Crippen molar-refractivity contribution in [3.8, 4) is 12.1 Å². The SMILES string of the molecule is N#CC(C#N)C(=N)C(F)(F)C(F)(F)F. The third kappa shape index (κ3) is 1.96. The van der Waals surface area contributed by atoms with Crippen molar-refractivity contribution < 1.29 is 22.0 Å². The molecule has 0 aromatic carbocycles. The first-order chi connectivity index (χ1) is 6.18. The Morgan fingerprint density at radius 3 is 1.64 bits per heavy atom. The zero-order valence-electron chi connectivity index (χ0n) is 6.36. The Hall–Kier alpha value is -1.70. The molecular formula is C6H2F5N3. The van der Waals surface area contributed by atoms with E-state index in [2.05, 4.69) is 0 Å². The topological polar surface area (TPSA) is 71.4 Å². The van der Waals surface area contributed by atoms with Crippen LogP contribution >= 0.6 is 0 Å². The molecule has 0 rings (SSSR count). The Morgan fingerprint density at radius 2 is 1.43 bits per heavy atom. The standard InChI is InChI=1S/C6H2F5N3/c7-5(8,6(9,10)11)4(14)3(1-12)2-13/h3,14H. The Morgan fingerprint density at radius 1 is 1.07 bits per heavy atom. The van der Waals surface area contributed by atoms with Gasteiger partial charge >= 0.3 is 12.1 Å². The number of hydrogen-bond donors (Lipinski definition) is 1. The fourth-order valence-corrected chi connectivity index (χ4v) is 0.492. The molecule has 0 aliphatic rings. The van der Waals surface area contributed by atoms with Gasteiger partial charge in [-0.2, -0.15) is 32.5 Å². The fourth-order valence-electron chi connectivity index (χ4n) is 0.492. The highest BCUT2D eigenvalue weighted by Crippen LogP contribution is 2.37. The molecule has 0 saturated carbocycles. The molecular weight excluding hydrogens is 209 g/mol. The van der Waals surface area contributed by atoms with E-state index in [1.165, 1.54) is 0 Å². The summed E-state index contributed by atoms with van der Waals surface area (Å²) in [4.78, 5) is 0. The van der Waals surface area contributed by atoms with E-state index in [9.17, 15) is 22.0 Å². The molecule has 14 heavy (non-hydrogen) atoms. The van der Waals surface area contributed by atoms with Crippen molar-refractivity contribution in [3.05, 3.63) is 0 Å². The van der Waals surface area contributed by atoms with Gasteiger partial charge in [0.1, 0.15) is 5.71 Å². The van der Waals surface area contributed by atoms with Gasteiger partial charge in [-0.15, -0.1) is 0 Å². The van der Waals surface area contributed by atoms with Crippen LogP contribution in [0.2, 0.25) is 0 Å². The molecule has 0 radical (unpaired) electrons. The number of hydrogen-bond acceptors (Lipinski definition) is 3. The Labute approximate surface area is 74.9 Å². The Balaban J connectivity index is 5.08. The number of rotatable bonds is 2. The highest BCUT2D eigenvalue weighted by molar-refractivity contribution is 5.94. The van der Waals surface area contributed by atoms with Crippen LogP contribution in [0.4, 0.5) is 22.0 Å². The lowest BCUT2D eigenvalue weighted by molar-refractivity contribution is -0.250. The smallest absolute Gasteiger partial charge is 0.301 e. The quantitative estimate of drug-likeness (QED) is 0.559. The normalized spacial score (nSPS) is 12.0. The van der Waals surface area contributed by atoms with Crippen LogP contribution in [0.15, 0.2) is 0 Å². The van der Waals surface area contributed by atoms with Crippen LogP contribution in [0.25, 0.3) is 0 Å². The lowest BCUT2D eigenvalue weighted by Gasteiger charge is -2.20. The van der Waals surface area contributed by atoms with Crippen molar-refractivity contribution in [1.29, 1.82) is 15.9 Å². The molecule has 0 saturated heterocycles. The van der Waals surface area contributed by atoms with Crippen LogP contribution in [-0.4, -0.2) is 17.8 Å². The summed E-state index contributed by atoms with van der Waals surface area (Å²) in [5.74, 6) is -7.84. The minimum atomic E-state index is -5.96. The van der Waals surface area contributed by atoms with E-state index in [1.807, 2.05) is 0 Å². The van der Waals surface area contributed by atoms with Gasteiger partial charge in [0.05, 0.1) is 12.1 Å². The van der Waals surface area contributed by atoms with Gasteiger partial charge in [0.2, 0.25) is 0 Å². The first-order valence-electron chi connectivity index (χ1n) is 3.01. The number of alkyl halides is 5. The molecule has 0 aliphatic carbocycles. The van der Waals surface area contributed by atoms with Gasteiger partial charge in [-0.3, -0.25) is 0 Å². The Bertz CT molecular complexity index is 304. The maximum absolute atomic E-state index is 12.3. The van der Waals surface area contributed by atoms with Gasteiger partial charge in [0.15, 0.2) is 5.92 Å². The minimum absolute atomic E-state index is 0.864. The van der Waals surface area contributed by atoms with Gasteiger partial charge in [-0.05, 0) is 0 Å². The van der Waals surface area contributed by atoms with E-state index < -0.39 is 23.7 Å². The largest absolute Gasteiger partial charge is 0.459 e. The molecule has 8 heteroatoms. The molecule has 0 bridgehead atoms. The maximum Gasteiger partial charge on any atom is 0.459 e. The maximum atomic E-state index is 12.3. The summed E-state index contributed by atoms with van der Waals surface area (Å²) in [5, 5.41) is 22.4. The third-order valence-corrected chi connectivity index (χ3v) is 1.24. The number of nitrogens with zero attached hydrogens (tertiary/aromatic N) is 2. The second-order valence-electron chi connectivity index (χ2n) is 2.18.